The van der Waals surface area contributed by atoms with Gasteiger partial charge >= 0.3 is 12.1 Å². The summed E-state index contributed by atoms with van der Waals surface area (Å²) in [5.74, 6) is -0.341. The minimum atomic E-state index is -0.488. The molecule has 0 atom stereocenters. The summed E-state index contributed by atoms with van der Waals surface area (Å²) in [7, 11) is 1.37. The Morgan fingerprint density at radius 3 is 2.62 bits per heavy atom. The van der Waals surface area contributed by atoms with Crippen molar-refractivity contribution in [1.29, 1.82) is 0 Å². The number of esters is 1. The van der Waals surface area contributed by atoms with Crippen molar-refractivity contribution in [2.24, 2.45) is 0 Å². The van der Waals surface area contributed by atoms with Crippen LogP contribution in [0, 0.1) is 0 Å². The molecule has 0 spiro atoms. The molecule has 130 valence electrons. The average molecular weight is 332 g/mol. The second kappa shape index (κ2) is 7.38. The topological polar surface area (TPSA) is 69.6 Å². The Balaban J connectivity index is 1.90. The molecule has 6 heteroatoms. The standard InChI is InChI=1S/C18H24N2O4/c1-18(2,3)24-17(22)19-9-5-10-20-11-8-13-12-14(16(21)23-4)6-7-15(13)20/h6-8,11-12H,5,9-10H2,1-4H3,(H,19,22). The minimum absolute atomic E-state index is 0.341. The number of aryl methyl sites for hydroxylation is 1. The number of alkyl carbamates (subject to hydrolysis) is 1. The van der Waals surface area contributed by atoms with E-state index >= 15 is 0 Å². The Morgan fingerprint density at radius 1 is 1.21 bits per heavy atom. The van der Waals surface area contributed by atoms with Crippen molar-refractivity contribution in [1.82, 2.24) is 9.88 Å². The molecule has 24 heavy (non-hydrogen) atoms. The fourth-order valence-electron chi connectivity index (χ4n) is 2.39. The molecule has 6 nitrogen and oxygen atoms in total. The van der Waals surface area contributed by atoms with E-state index in [4.69, 9.17) is 9.47 Å². The van der Waals surface area contributed by atoms with E-state index in [1.807, 2.05) is 45.2 Å². The van der Waals surface area contributed by atoms with Gasteiger partial charge in [-0.15, -0.1) is 0 Å². The van der Waals surface area contributed by atoms with Gasteiger partial charge in [0, 0.05) is 30.2 Å². The summed E-state index contributed by atoms with van der Waals surface area (Å²) in [6.45, 7) is 6.80. The third kappa shape index (κ3) is 4.75. The lowest BCUT2D eigenvalue weighted by atomic mass is 10.1. The van der Waals surface area contributed by atoms with Gasteiger partial charge in [-0.2, -0.15) is 0 Å². The average Bonchev–Trinajstić information content (AvgIpc) is 2.91. The van der Waals surface area contributed by atoms with Crippen LogP contribution in [0.1, 0.15) is 37.6 Å². The van der Waals surface area contributed by atoms with Crippen LogP contribution in [0.4, 0.5) is 4.79 Å². The number of nitrogens with one attached hydrogen (secondary N) is 1. The Labute approximate surface area is 141 Å². The molecule has 0 saturated heterocycles. The second-order valence-corrected chi connectivity index (χ2v) is 6.56. The maximum absolute atomic E-state index is 11.6. The van der Waals surface area contributed by atoms with E-state index in [0.29, 0.717) is 12.1 Å². The summed E-state index contributed by atoms with van der Waals surface area (Å²) in [6.07, 6.45) is 2.35. The Hall–Kier alpha value is -2.50. The lowest BCUT2D eigenvalue weighted by molar-refractivity contribution is 0.0525. The number of amides is 1. The van der Waals surface area contributed by atoms with Crippen molar-refractivity contribution in [3.05, 3.63) is 36.0 Å². The van der Waals surface area contributed by atoms with Gasteiger partial charge in [0.25, 0.3) is 0 Å². The van der Waals surface area contributed by atoms with Gasteiger partial charge in [-0.1, -0.05) is 0 Å². The van der Waals surface area contributed by atoms with Crippen LogP contribution in [0.15, 0.2) is 30.5 Å². The molecular weight excluding hydrogens is 308 g/mol. The quantitative estimate of drug-likeness (QED) is 0.673. The van der Waals surface area contributed by atoms with Crippen LogP contribution in [0.5, 0.6) is 0 Å². The first-order valence-electron chi connectivity index (χ1n) is 7.94. The molecule has 1 aromatic heterocycles. The summed E-state index contributed by atoms with van der Waals surface area (Å²) >= 11 is 0. The molecule has 2 rings (SSSR count). The smallest absolute Gasteiger partial charge is 0.407 e. The van der Waals surface area contributed by atoms with E-state index in [1.54, 1.807) is 6.07 Å². The van der Waals surface area contributed by atoms with Crippen molar-refractivity contribution < 1.29 is 19.1 Å². The maximum Gasteiger partial charge on any atom is 0.407 e. The van der Waals surface area contributed by atoms with Crippen LogP contribution in [0.2, 0.25) is 0 Å². The highest BCUT2D eigenvalue weighted by Gasteiger charge is 2.15. The molecule has 1 aromatic carbocycles. The second-order valence-electron chi connectivity index (χ2n) is 6.56. The van der Waals surface area contributed by atoms with Gasteiger partial charge in [-0.05, 0) is 51.5 Å². The molecule has 0 saturated carbocycles. The van der Waals surface area contributed by atoms with Gasteiger partial charge in [-0.25, -0.2) is 9.59 Å². The molecule has 0 aliphatic heterocycles. The monoisotopic (exact) mass is 332 g/mol. The molecule has 0 unspecified atom stereocenters. The van der Waals surface area contributed by atoms with E-state index in [9.17, 15) is 9.59 Å². The summed E-state index contributed by atoms with van der Waals surface area (Å²) in [4.78, 5) is 23.1. The zero-order valence-electron chi connectivity index (χ0n) is 14.6. The number of rotatable bonds is 5. The summed E-state index contributed by atoms with van der Waals surface area (Å²) in [5.41, 5.74) is 1.09. The van der Waals surface area contributed by atoms with E-state index in [0.717, 1.165) is 23.9 Å². The largest absolute Gasteiger partial charge is 0.465 e. The number of carbonyl (C=O) groups is 2. The first kappa shape index (κ1) is 17.8. The van der Waals surface area contributed by atoms with Crippen LogP contribution in [0.3, 0.4) is 0 Å². The predicted octanol–water partition coefficient (Wildman–Crippen LogP) is 3.34. The van der Waals surface area contributed by atoms with E-state index in [2.05, 4.69) is 9.88 Å². The van der Waals surface area contributed by atoms with Crippen LogP contribution in [0.25, 0.3) is 10.9 Å². The Kier molecular flexibility index (Phi) is 5.49. The third-order valence-electron chi connectivity index (χ3n) is 3.44. The summed E-state index contributed by atoms with van der Waals surface area (Å²) in [5, 5.41) is 3.73. The maximum atomic E-state index is 11.6. The lowest BCUT2D eigenvalue weighted by Crippen LogP contribution is -2.33. The van der Waals surface area contributed by atoms with Crippen molar-refractivity contribution in [2.45, 2.75) is 39.3 Å². The molecule has 0 radical (unpaired) electrons. The third-order valence-corrected chi connectivity index (χ3v) is 3.44. The van der Waals surface area contributed by atoms with Crippen LogP contribution >= 0.6 is 0 Å². The predicted molar refractivity (Wildman–Crippen MR) is 92.1 cm³/mol. The van der Waals surface area contributed by atoms with E-state index in [1.165, 1.54) is 7.11 Å². The van der Waals surface area contributed by atoms with Gasteiger partial charge in [0.05, 0.1) is 12.7 Å². The number of hydrogen-bond donors (Lipinski definition) is 1. The highest BCUT2D eigenvalue weighted by atomic mass is 16.6. The molecule has 2 aromatic rings. The van der Waals surface area contributed by atoms with Crippen molar-refractivity contribution in [2.75, 3.05) is 13.7 Å². The van der Waals surface area contributed by atoms with Crippen molar-refractivity contribution in [3.8, 4) is 0 Å². The normalized spacial score (nSPS) is 11.3. The first-order chi connectivity index (χ1) is 11.3. The molecule has 0 aliphatic rings. The Bertz CT molecular complexity index is 728. The molecule has 1 N–H and O–H groups in total. The molecule has 0 fully saturated rings. The molecule has 1 amide bonds. The number of ether oxygens (including phenoxy) is 2. The van der Waals surface area contributed by atoms with Gasteiger partial charge in [-0.3, -0.25) is 0 Å². The number of benzene rings is 1. The van der Waals surface area contributed by atoms with Crippen LogP contribution in [-0.4, -0.2) is 35.9 Å². The SMILES string of the molecule is COC(=O)c1ccc2c(ccn2CCCNC(=O)OC(C)(C)C)c1. The zero-order valence-corrected chi connectivity index (χ0v) is 14.6. The van der Waals surface area contributed by atoms with Gasteiger partial charge < -0.3 is 19.4 Å². The number of hydrogen-bond acceptors (Lipinski definition) is 4. The number of methoxy groups -OCH3 is 1. The lowest BCUT2D eigenvalue weighted by Gasteiger charge is -2.19. The fourth-order valence-corrected chi connectivity index (χ4v) is 2.39. The van der Waals surface area contributed by atoms with E-state index in [-0.39, 0.29) is 5.97 Å². The molecule has 0 aliphatic carbocycles. The van der Waals surface area contributed by atoms with Crippen LogP contribution < -0.4 is 5.32 Å². The number of fused-ring (bicyclic) bond motifs is 1. The number of carbonyl (C=O) groups excluding carboxylic acids is 2. The zero-order chi connectivity index (χ0) is 17.7. The molecular formula is C18H24N2O4. The molecule has 0 bridgehead atoms. The van der Waals surface area contributed by atoms with Gasteiger partial charge in [0.15, 0.2) is 0 Å². The van der Waals surface area contributed by atoms with Gasteiger partial charge in [0.2, 0.25) is 0 Å². The highest BCUT2D eigenvalue weighted by Crippen LogP contribution is 2.18. The number of aromatic nitrogens is 1. The summed E-state index contributed by atoms with van der Waals surface area (Å²) < 4.78 is 12.0. The molecule has 1 heterocycles. The van der Waals surface area contributed by atoms with Crippen LogP contribution in [-0.2, 0) is 16.0 Å². The van der Waals surface area contributed by atoms with E-state index < -0.39 is 11.7 Å². The fraction of sp³-hybridized carbons (Fsp3) is 0.444. The summed E-state index contributed by atoms with van der Waals surface area (Å²) in [6, 6.07) is 7.44. The first-order valence-corrected chi connectivity index (χ1v) is 7.94. The minimum Gasteiger partial charge on any atom is -0.465 e. The van der Waals surface area contributed by atoms with Gasteiger partial charge in [0.1, 0.15) is 5.60 Å². The Morgan fingerprint density at radius 2 is 1.96 bits per heavy atom. The number of nitrogens with zero attached hydrogens (tertiary/aromatic N) is 1. The van der Waals surface area contributed by atoms with Crippen molar-refractivity contribution in [3.63, 3.8) is 0 Å². The van der Waals surface area contributed by atoms with Crippen molar-refractivity contribution >= 4 is 23.0 Å². The highest BCUT2D eigenvalue weighted by molar-refractivity contribution is 5.94.